The molecular formula is C14H18N4O2. The van der Waals surface area contributed by atoms with Crippen molar-refractivity contribution in [2.75, 3.05) is 13.1 Å². The molecule has 0 aliphatic rings. The summed E-state index contributed by atoms with van der Waals surface area (Å²) in [6, 6.07) is 3.39. The monoisotopic (exact) mass is 274 g/mol. The van der Waals surface area contributed by atoms with E-state index in [9.17, 15) is 9.59 Å². The van der Waals surface area contributed by atoms with Crippen molar-refractivity contribution in [1.82, 2.24) is 15.6 Å². The number of nitrogens with two attached hydrogens (primary N) is 1. The van der Waals surface area contributed by atoms with Crippen LogP contribution in [0.2, 0.25) is 0 Å². The Labute approximate surface area is 118 Å². The van der Waals surface area contributed by atoms with E-state index in [0.29, 0.717) is 5.56 Å². The van der Waals surface area contributed by atoms with Crippen molar-refractivity contribution < 1.29 is 9.59 Å². The van der Waals surface area contributed by atoms with Crippen LogP contribution in [0.15, 0.2) is 18.3 Å². The largest absolute Gasteiger partial charge is 0.352 e. The molecule has 20 heavy (non-hydrogen) atoms. The van der Waals surface area contributed by atoms with Crippen LogP contribution in [0.5, 0.6) is 0 Å². The van der Waals surface area contributed by atoms with Crippen molar-refractivity contribution in [3.63, 3.8) is 0 Å². The number of rotatable bonds is 4. The SMILES string of the molecule is CC(C)NC(=O)CNC(=O)c1ncccc1C#CCN. The lowest BCUT2D eigenvalue weighted by atomic mass is 10.2. The molecule has 0 aliphatic carbocycles. The van der Waals surface area contributed by atoms with Gasteiger partial charge in [-0.05, 0) is 26.0 Å². The topological polar surface area (TPSA) is 97.1 Å². The summed E-state index contributed by atoms with van der Waals surface area (Å²) in [4.78, 5) is 27.4. The Hall–Kier alpha value is -2.39. The maximum atomic E-state index is 12.0. The zero-order chi connectivity index (χ0) is 15.0. The summed E-state index contributed by atoms with van der Waals surface area (Å²) in [5.74, 6) is 4.75. The third-order valence-corrected chi connectivity index (χ3v) is 2.21. The van der Waals surface area contributed by atoms with E-state index in [1.54, 1.807) is 12.1 Å². The molecule has 0 fully saturated rings. The van der Waals surface area contributed by atoms with Gasteiger partial charge in [0.2, 0.25) is 5.91 Å². The third-order valence-electron chi connectivity index (χ3n) is 2.21. The number of hydrogen-bond acceptors (Lipinski definition) is 4. The zero-order valence-electron chi connectivity index (χ0n) is 11.6. The van der Waals surface area contributed by atoms with Crippen LogP contribution in [0.4, 0.5) is 0 Å². The molecule has 1 heterocycles. The van der Waals surface area contributed by atoms with Gasteiger partial charge in [-0.25, -0.2) is 4.98 Å². The molecule has 1 aromatic rings. The molecule has 1 aromatic heterocycles. The maximum absolute atomic E-state index is 12.0. The Morgan fingerprint density at radius 3 is 2.85 bits per heavy atom. The van der Waals surface area contributed by atoms with Gasteiger partial charge in [0.05, 0.1) is 18.7 Å². The van der Waals surface area contributed by atoms with Gasteiger partial charge >= 0.3 is 0 Å². The second kappa shape index (κ2) is 7.92. The molecule has 4 N–H and O–H groups in total. The molecule has 1 rings (SSSR count). The molecule has 0 aliphatic heterocycles. The molecule has 0 aromatic carbocycles. The van der Waals surface area contributed by atoms with Crippen LogP contribution >= 0.6 is 0 Å². The lowest BCUT2D eigenvalue weighted by Crippen LogP contribution is -2.40. The van der Waals surface area contributed by atoms with Gasteiger partial charge in [-0.2, -0.15) is 0 Å². The van der Waals surface area contributed by atoms with Gasteiger partial charge < -0.3 is 16.4 Å². The van der Waals surface area contributed by atoms with Crippen LogP contribution in [-0.2, 0) is 4.79 Å². The maximum Gasteiger partial charge on any atom is 0.271 e. The van der Waals surface area contributed by atoms with E-state index in [2.05, 4.69) is 27.5 Å². The minimum atomic E-state index is -0.439. The predicted octanol–water partition coefficient (Wildman–Crippen LogP) is -0.354. The number of amides is 2. The lowest BCUT2D eigenvalue weighted by molar-refractivity contribution is -0.120. The van der Waals surface area contributed by atoms with Gasteiger partial charge in [0.15, 0.2) is 0 Å². The minimum Gasteiger partial charge on any atom is -0.352 e. The van der Waals surface area contributed by atoms with E-state index >= 15 is 0 Å². The first-order valence-electron chi connectivity index (χ1n) is 6.26. The number of nitrogens with one attached hydrogen (secondary N) is 2. The van der Waals surface area contributed by atoms with E-state index in [1.807, 2.05) is 13.8 Å². The fourth-order valence-electron chi connectivity index (χ4n) is 1.45. The molecule has 0 unspecified atom stereocenters. The fraction of sp³-hybridized carbons (Fsp3) is 0.357. The Morgan fingerprint density at radius 2 is 2.20 bits per heavy atom. The van der Waals surface area contributed by atoms with Gasteiger partial charge in [-0.15, -0.1) is 0 Å². The van der Waals surface area contributed by atoms with Crippen LogP contribution in [0, 0.1) is 11.8 Å². The van der Waals surface area contributed by atoms with Crippen molar-refractivity contribution in [3.05, 3.63) is 29.6 Å². The number of aromatic nitrogens is 1. The van der Waals surface area contributed by atoms with Crippen molar-refractivity contribution >= 4 is 11.8 Å². The Morgan fingerprint density at radius 1 is 1.45 bits per heavy atom. The summed E-state index contributed by atoms with van der Waals surface area (Å²) in [5.41, 5.74) is 5.97. The molecular weight excluding hydrogens is 256 g/mol. The third kappa shape index (κ3) is 5.08. The van der Waals surface area contributed by atoms with Gasteiger partial charge in [0.25, 0.3) is 5.91 Å². The number of hydrogen-bond donors (Lipinski definition) is 3. The highest BCUT2D eigenvalue weighted by Gasteiger charge is 2.12. The highest BCUT2D eigenvalue weighted by atomic mass is 16.2. The first-order chi connectivity index (χ1) is 9.54. The van der Waals surface area contributed by atoms with E-state index < -0.39 is 5.91 Å². The minimum absolute atomic E-state index is 0.0280. The normalized spacial score (nSPS) is 9.60. The van der Waals surface area contributed by atoms with E-state index in [4.69, 9.17) is 5.73 Å². The van der Waals surface area contributed by atoms with E-state index in [-0.39, 0.29) is 30.7 Å². The van der Waals surface area contributed by atoms with E-state index in [1.165, 1.54) is 6.20 Å². The van der Waals surface area contributed by atoms with Gasteiger partial charge in [0, 0.05) is 12.2 Å². The van der Waals surface area contributed by atoms with Crippen LogP contribution in [0.1, 0.15) is 29.9 Å². The van der Waals surface area contributed by atoms with Crippen LogP contribution in [-0.4, -0.2) is 35.9 Å². The number of carbonyl (C=O) groups is 2. The molecule has 2 amide bonds. The number of nitrogens with zero attached hydrogens (tertiary/aromatic N) is 1. The molecule has 0 spiro atoms. The standard InChI is InChI=1S/C14H18N4O2/c1-10(2)18-12(19)9-17-14(20)13-11(5-3-7-15)6-4-8-16-13/h4,6,8,10H,7,9,15H2,1-2H3,(H,17,20)(H,18,19). The van der Waals surface area contributed by atoms with Gasteiger partial charge in [-0.1, -0.05) is 11.8 Å². The molecule has 0 radical (unpaired) electrons. The second-order valence-electron chi connectivity index (χ2n) is 4.31. The number of carbonyl (C=O) groups excluding carboxylic acids is 2. The second-order valence-corrected chi connectivity index (χ2v) is 4.31. The summed E-state index contributed by atoms with van der Waals surface area (Å²) in [6.45, 7) is 3.79. The smallest absolute Gasteiger partial charge is 0.271 e. The Balaban J connectivity index is 2.71. The molecule has 0 saturated heterocycles. The summed E-state index contributed by atoms with van der Waals surface area (Å²) in [5, 5.41) is 5.19. The predicted molar refractivity (Wildman–Crippen MR) is 75.8 cm³/mol. The van der Waals surface area contributed by atoms with Gasteiger partial charge in [-0.3, -0.25) is 9.59 Å². The van der Waals surface area contributed by atoms with Gasteiger partial charge in [0.1, 0.15) is 5.69 Å². The number of pyridine rings is 1. The zero-order valence-corrected chi connectivity index (χ0v) is 11.6. The highest BCUT2D eigenvalue weighted by molar-refractivity contribution is 5.96. The molecule has 0 saturated carbocycles. The Kier molecular flexibility index (Phi) is 6.20. The fourth-order valence-corrected chi connectivity index (χ4v) is 1.45. The molecule has 0 bridgehead atoms. The average molecular weight is 274 g/mol. The summed E-state index contributed by atoms with van der Waals surface area (Å²) in [6.07, 6.45) is 1.50. The van der Waals surface area contributed by atoms with Crippen molar-refractivity contribution in [2.45, 2.75) is 19.9 Å². The van der Waals surface area contributed by atoms with Crippen LogP contribution in [0.25, 0.3) is 0 Å². The van der Waals surface area contributed by atoms with Crippen molar-refractivity contribution in [3.8, 4) is 11.8 Å². The van der Waals surface area contributed by atoms with E-state index in [0.717, 1.165) is 0 Å². The molecule has 0 atom stereocenters. The summed E-state index contributed by atoms with van der Waals surface area (Å²) in [7, 11) is 0. The summed E-state index contributed by atoms with van der Waals surface area (Å²) >= 11 is 0. The Bertz CT molecular complexity index is 544. The van der Waals surface area contributed by atoms with Crippen LogP contribution in [0.3, 0.4) is 0 Å². The van der Waals surface area contributed by atoms with Crippen molar-refractivity contribution in [2.24, 2.45) is 5.73 Å². The molecule has 106 valence electrons. The first kappa shape index (κ1) is 15.7. The van der Waals surface area contributed by atoms with Crippen LogP contribution < -0.4 is 16.4 Å². The highest BCUT2D eigenvalue weighted by Crippen LogP contribution is 2.03. The van der Waals surface area contributed by atoms with Crippen molar-refractivity contribution in [1.29, 1.82) is 0 Å². The lowest BCUT2D eigenvalue weighted by Gasteiger charge is -2.09. The first-order valence-corrected chi connectivity index (χ1v) is 6.26. The summed E-state index contributed by atoms with van der Waals surface area (Å²) < 4.78 is 0. The average Bonchev–Trinajstić information content (AvgIpc) is 2.42. The molecule has 6 heteroatoms. The molecule has 6 nitrogen and oxygen atoms in total. The quantitative estimate of drug-likeness (QED) is 0.654.